The molecule has 1 fully saturated rings. The smallest absolute Gasteiger partial charge is 0.300 e. The molecule has 0 spiro atoms. The maximum Gasteiger partial charge on any atom is 0.328 e. The molecule has 0 radical (unpaired) electrons. The van der Waals surface area contributed by atoms with E-state index in [-0.39, 0.29) is 29.7 Å². The van der Waals surface area contributed by atoms with E-state index in [1.165, 1.54) is 11.6 Å². The zero-order valence-electron chi connectivity index (χ0n) is 13.4. The van der Waals surface area contributed by atoms with E-state index < -0.39 is 0 Å². The molecule has 6 heteroatoms. The van der Waals surface area contributed by atoms with Gasteiger partial charge in [-0.3, -0.25) is 19.2 Å². The molecule has 0 saturated carbocycles. The molecule has 1 aliphatic heterocycles. The fourth-order valence-electron chi connectivity index (χ4n) is 3.00. The van der Waals surface area contributed by atoms with Crippen LogP contribution in [0.25, 0.3) is 6.08 Å². The molecule has 1 saturated heterocycles. The topological polar surface area (TPSA) is 58.1 Å². The number of nitrogens with one attached hydrogen (secondary N) is 1. The highest BCUT2D eigenvalue weighted by atomic mass is 35.5. The number of likely N-dealkylation sites (tertiary alicyclic amines) is 1. The van der Waals surface area contributed by atoms with E-state index >= 15 is 0 Å². The third-order valence-corrected chi connectivity index (χ3v) is 4.28. The highest BCUT2D eigenvalue weighted by Crippen LogP contribution is 2.20. The summed E-state index contributed by atoms with van der Waals surface area (Å²) >= 11 is 0. The lowest BCUT2D eigenvalue weighted by Crippen LogP contribution is -2.39. The van der Waals surface area contributed by atoms with Gasteiger partial charge in [-0.25, -0.2) is 4.79 Å². The number of rotatable bonds is 4. The second-order valence-electron chi connectivity index (χ2n) is 5.86. The maximum atomic E-state index is 11.8. The van der Waals surface area contributed by atoms with Gasteiger partial charge in [-0.1, -0.05) is 42.5 Å². The first-order valence-corrected chi connectivity index (χ1v) is 7.98. The van der Waals surface area contributed by atoms with Crippen LogP contribution < -0.4 is 11.2 Å². The number of aromatic amines is 1. The van der Waals surface area contributed by atoms with Gasteiger partial charge in [-0.05, 0) is 18.4 Å². The lowest BCUT2D eigenvalue weighted by molar-refractivity contribution is 0.200. The van der Waals surface area contributed by atoms with Crippen molar-refractivity contribution in [2.45, 2.75) is 18.9 Å². The van der Waals surface area contributed by atoms with Crippen LogP contribution in [0.3, 0.4) is 0 Å². The van der Waals surface area contributed by atoms with Crippen molar-refractivity contribution in [2.75, 3.05) is 19.6 Å². The molecular formula is C18H22ClN3O2. The van der Waals surface area contributed by atoms with Crippen LogP contribution in [0.5, 0.6) is 0 Å². The summed E-state index contributed by atoms with van der Waals surface area (Å²) in [5, 5.41) is 0. The highest BCUT2D eigenvalue weighted by Gasteiger charge is 2.20. The minimum Gasteiger partial charge on any atom is -0.300 e. The molecule has 3 rings (SSSR count). The Morgan fingerprint density at radius 2 is 1.79 bits per heavy atom. The van der Waals surface area contributed by atoms with Gasteiger partial charge in [0, 0.05) is 37.9 Å². The highest BCUT2D eigenvalue weighted by molar-refractivity contribution is 5.85. The molecule has 5 nitrogen and oxygen atoms in total. The summed E-state index contributed by atoms with van der Waals surface area (Å²) in [6, 6.07) is 11.8. The third kappa shape index (κ3) is 4.69. The van der Waals surface area contributed by atoms with Crippen LogP contribution in [0.1, 0.15) is 24.4 Å². The van der Waals surface area contributed by atoms with E-state index in [0.717, 1.165) is 32.5 Å². The molecule has 128 valence electrons. The number of nitrogens with zero attached hydrogens (tertiary/aromatic N) is 2. The van der Waals surface area contributed by atoms with E-state index in [2.05, 4.69) is 34.2 Å². The van der Waals surface area contributed by atoms with Crippen molar-refractivity contribution in [1.82, 2.24) is 14.5 Å². The lowest BCUT2D eigenvalue weighted by Gasteiger charge is -2.31. The van der Waals surface area contributed by atoms with Crippen LogP contribution in [0.2, 0.25) is 0 Å². The number of benzene rings is 1. The zero-order valence-corrected chi connectivity index (χ0v) is 14.2. The Morgan fingerprint density at radius 1 is 1.08 bits per heavy atom. The summed E-state index contributed by atoms with van der Waals surface area (Å²) in [6.07, 6.45) is 7.77. The Labute approximate surface area is 147 Å². The van der Waals surface area contributed by atoms with Gasteiger partial charge in [-0.2, -0.15) is 0 Å². The van der Waals surface area contributed by atoms with Crippen LogP contribution in [0, 0.1) is 0 Å². The number of halogens is 1. The Hall–Kier alpha value is -2.11. The average Bonchev–Trinajstić information content (AvgIpc) is 2.57. The zero-order chi connectivity index (χ0) is 16.1. The van der Waals surface area contributed by atoms with Gasteiger partial charge in [0.2, 0.25) is 0 Å². The molecule has 24 heavy (non-hydrogen) atoms. The average molecular weight is 348 g/mol. The van der Waals surface area contributed by atoms with Gasteiger partial charge >= 0.3 is 5.69 Å². The molecule has 0 unspecified atom stereocenters. The largest absolute Gasteiger partial charge is 0.328 e. The van der Waals surface area contributed by atoms with Crippen molar-refractivity contribution < 1.29 is 0 Å². The lowest BCUT2D eigenvalue weighted by atomic mass is 10.0. The first-order chi connectivity index (χ1) is 11.2. The molecule has 0 bridgehead atoms. The monoisotopic (exact) mass is 347 g/mol. The summed E-state index contributed by atoms with van der Waals surface area (Å²) in [7, 11) is 0. The van der Waals surface area contributed by atoms with Crippen molar-refractivity contribution in [3.63, 3.8) is 0 Å². The molecule has 0 aliphatic carbocycles. The normalized spacial score (nSPS) is 16.2. The van der Waals surface area contributed by atoms with Crippen molar-refractivity contribution >= 4 is 18.5 Å². The molecule has 1 aromatic heterocycles. The first-order valence-electron chi connectivity index (χ1n) is 7.98. The van der Waals surface area contributed by atoms with Crippen LogP contribution in [-0.2, 0) is 0 Å². The molecule has 1 N–H and O–H groups in total. The van der Waals surface area contributed by atoms with Crippen LogP contribution >= 0.6 is 12.4 Å². The summed E-state index contributed by atoms with van der Waals surface area (Å²) < 4.78 is 1.65. The van der Waals surface area contributed by atoms with E-state index in [1.54, 1.807) is 10.8 Å². The second-order valence-corrected chi connectivity index (χ2v) is 5.86. The summed E-state index contributed by atoms with van der Waals surface area (Å²) in [6.45, 7) is 2.83. The van der Waals surface area contributed by atoms with Crippen molar-refractivity contribution in [3.05, 3.63) is 75.1 Å². The van der Waals surface area contributed by atoms with E-state index in [1.807, 2.05) is 18.2 Å². The SMILES string of the molecule is Cl.O=c1ccn(C2CCN(C/C=C/c3ccccc3)CC2)c(=O)[nH]1. The van der Waals surface area contributed by atoms with Crippen molar-refractivity contribution in [2.24, 2.45) is 0 Å². The number of hydrogen-bond donors (Lipinski definition) is 1. The summed E-state index contributed by atoms with van der Waals surface area (Å²) in [5.74, 6) is 0. The van der Waals surface area contributed by atoms with Gasteiger partial charge in [0.15, 0.2) is 0 Å². The molecule has 1 aromatic carbocycles. The maximum absolute atomic E-state index is 11.8. The van der Waals surface area contributed by atoms with Gasteiger partial charge in [-0.15, -0.1) is 12.4 Å². The summed E-state index contributed by atoms with van der Waals surface area (Å²) in [5.41, 5.74) is 0.567. The van der Waals surface area contributed by atoms with Gasteiger partial charge in [0.25, 0.3) is 5.56 Å². The number of H-pyrrole nitrogens is 1. The standard InChI is InChI=1S/C18H21N3O2.ClH/c22-17-10-14-21(18(23)19-17)16-8-12-20(13-9-16)11-4-7-15-5-2-1-3-6-15;/h1-7,10,14,16H,8-9,11-13H2,(H,19,22,23);1H/b7-4+;. The molecule has 2 heterocycles. The molecule has 2 aromatic rings. The fraction of sp³-hybridized carbons (Fsp3) is 0.333. The van der Waals surface area contributed by atoms with E-state index in [0.29, 0.717) is 0 Å². The molecule has 1 aliphatic rings. The Morgan fingerprint density at radius 3 is 2.46 bits per heavy atom. The van der Waals surface area contributed by atoms with Crippen molar-refractivity contribution in [3.8, 4) is 0 Å². The van der Waals surface area contributed by atoms with Crippen LogP contribution in [0.15, 0.2) is 58.3 Å². The summed E-state index contributed by atoms with van der Waals surface area (Å²) in [4.78, 5) is 27.7. The molecule has 0 amide bonds. The number of piperidine rings is 1. The number of aromatic nitrogens is 2. The predicted molar refractivity (Wildman–Crippen MR) is 98.8 cm³/mol. The molecule has 0 atom stereocenters. The minimum absolute atomic E-state index is 0. The van der Waals surface area contributed by atoms with Gasteiger partial charge in [0.05, 0.1) is 0 Å². The third-order valence-electron chi connectivity index (χ3n) is 4.28. The van der Waals surface area contributed by atoms with Crippen molar-refractivity contribution in [1.29, 1.82) is 0 Å². The fourth-order valence-corrected chi connectivity index (χ4v) is 3.00. The first kappa shape index (κ1) is 18.2. The Balaban J connectivity index is 0.00000208. The van der Waals surface area contributed by atoms with Crippen LogP contribution in [-0.4, -0.2) is 34.1 Å². The predicted octanol–water partition coefficient (Wildman–Crippen LogP) is 2.31. The second kappa shape index (κ2) is 8.66. The Kier molecular flexibility index (Phi) is 6.58. The quantitative estimate of drug-likeness (QED) is 0.923. The molecular weight excluding hydrogens is 326 g/mol. The minimum atomic E-state index is -0.338. The van der Waals surface area contributed by atoms with E-state index in [9.17, 15) is 9.59 Å². The van der Waals surface area contributed by atoms with Crippen LogP contribution in [0.4, 0.5) is 0 Å². The Bertz CT molecular complexity index is 775. The van der Waals surface area contributed by atoms with Gasteiger partial charge in [0.1, 0.15) is 0 Å². The van der Waals surface area contributed by atoms with E-state index in [4.69, 9.17) is 0 Å². The number of hydrogen-bond acceptors (Lipinski definition) is 3. The van der Waals surface area contributed by atoms with Gasteiger partial charge < -0.3 is 0 Å².